The van der Waals surface area contributed by atoms with Crippen molar-refractivity contribution >= 4 is 5.97 Å². The summed E-state index contributed by atoms with van der Waals surface area (Å²) in [5.74, 6) is -0.942. The molecule has 0 saturated heterocycles. The van der Waals surface area contributed by atoms with Gasteiger partial charge in [-0.25, -0.2) is 4.79 Å². The molecule has 4 nitrogen and oxygen atoms in total. The molecular formula is C9H13NO3. The number of aromatic nitrogens is 1. The number of nitrogens with zero attached hydrogens (tertiary/aromatic N) is 1. The van der Waals surface area contributed by atoms with Gasteiger partial charge in [0.25, 0.3) is 0 Å². The molecule has 0 aromatic carbocycles. The summed E-state index contributed by atoms with van der Waals surface area (Å²) in [7, 11) is 0. The lowest BCUT2D eigenvalue weighted by atomic mass is 10.3. The molecule has 0 aliphatic heterocycles. The Morgan fingerprint density at radius 1 is 1.54 bits per heavy atom. The van der Waals surface area contributed by atoms with Crippen molar-refractivity contribution in [3.63, 3.8) is 0 Å². The van der Waals surface area contributed by atoms with E-state index in [9.17, 15) is 4.79 Å². The van der Waals surface area contributed by atoms with Crippen LogP contribution in [0, 0.1) is 0 Å². The Kier molecular flexibility index (Phi) is 5.47. The van der Waals surface area contributed by atoms with Gasteiger partial charge in [-0.3, -0.25) is 4.98 Å². The topological polar surface area (TPSA) is 70.4 Å². The van der Waals surface area contributed by atoms with Crippen molar-refractivity contribution in [2.75, 3.05) is 0 Å². The van der Waals surface area contributed by atoms with Gasteiger partial charge in [-0.05, 0) is 26.0 Å². The molecule has 0 saturated carbocycles. The first-order valence-electron chi connectivity index (χ1n) is 3.85. The van der Waals surface area contributed by atoms with E-state index in [4.69, 9.17) is 10.2 Å². The van der Waals surface area contributed by atoms with Crippen LogP contribution < -0.4 is 0 Å². The molecule has 0 bridgehead atoms. The first-order chi connectivity index (χ1) is 6.04. The number of carbonyl (C=O) groups is 1. The largest absolute Gasteiger partial charge is 0.478 e. The van der Waals surface area contributed by atoms with Crippen molar-refractivity contribution in [2.24, 2.45) is 0 Å². The SMILES string of the molecule is CC(C)O.O=C(O)c1cccnc1. The van der Waals surface area contributed by atoms with Crippen LogP contribution in [0.25, 0.3) is 0 Å². The van der Waals surface area contributed by atoms with E-state index in [1.54, 1.807) is 19.9 Å². The Morgan fingerprint density at radius 2 is 2.08 bits per heavy atom. The second kappa shape index (κ2) is 6.14. The molecule has 0 atom stereocenters. The van der Waals surface area contributed by atoms with Gasteiger partial charge < -0.3 is 10.2 Å². The molecule has 2 N–H and O–H groups in total. The standard InChI is InChI=1S/C6H5NO2.C3H8O/c8-6(9)5-2-1-3-7-4-5;1-3(2)4/h1-4H,(H,8,9);3-4H,1-2H3. The van der Waals surface area contributed by atoms with E-state index in [2.05, 4.69) is 4.98 Å². The van der Waals surface area contributed by atoms with Crippen molar-refractivity contribution in [1.82, 2.24) is 4.98 Å². The maximum Gasteiger partial charge on any atom is 0.337 e. The minimum Gasteiger partial charge on any atom is -0.478 e. The van der Waals surface area contributed by atoms with Crippen LogP contribution in [0.15, 0.2) is 24.5 Å². The molecule has 1 heterocycles. The highest BCUT2D eigenvalue weighted by Gasteiger charge is 1.97. The van der Waals surface area contributed by atoms with Crippen molar-refractivity contribution in [1.29, 1.82) is 0 Å². The fourth-order valence-corrected chi connectivity index (χ4v) is 0.489. The zero-order valence-electron chi connectivity index (χ0n) is 7.64. The molecule has 0 spiro atoms. The van der Waals surface area contributed by atoms with E-state index >= 15 is 0 Å². The molecule has 0 radical (unpaired) electrons. The van der Waals surface area contributed by atoms with Crippen LogP contribution in [0.5, 0.6) is 0 Å². The first kappa shape index (κ1) is 11.6. The molecule has 0 aliphatic rings. The van der Waals surface area contributed by atoms with E-state index in [1.165, 1.54) is 18.5 Å². The number of aliphatic hydroxyl groups excluding tert-OH is 1. The molecule has 4 heteroatoms. The molecule has 1 aromatic heterocycles. The first-order valence-corrected chi connectivity index (χ1v) is 3.85. The van der Waals surface area contributed by atoms with E-state index in [-0.39, 0.29) is 11.7 Å². The third-order valence-electron chi connectivity index (χ3n) is 0.908. The smallest absolute Gasteiger partial charge is 0.337 e. The number of pyridine rings is 1. The fraction of sp³-hybridized carbons (Fsp3) is 0.333. The van der Waals surface area contributed by atoms with Crippen LogP contribution in [0.1, 0.15) is 24.2 Å². The quantitative estimate of drug-likeness (QED) is 0.685. The van der Waals surface area contributed by atoms with Crippen LogP contribution in [0.4, 0.5) is 0 Å². The van der Waals surface area contributed by atoms with Crippen LogP contribution in [0.2, 0.25) is 0 Å². The second-order valence-electron chi connectivity index (χ2n) is 2.64. The number of carboxylic acid groups (broad SMARTS) is 1. The van der Waals surface area contributed by atoms with Gasteiger partial charge in [-0.15, -0.1) is 0 Å². The second-order valence-corrected chi connectivity index (χ2v) is 2.64. The minimum absolute atomic E-state index is 0.167. The maximum absolute atomic E-state index is 10.2. The van der Waals surface area contributed by atoms with E-state index in [0.717, 1.165) is 0 Å². The number of carboxylic acids is 1. The molecule has 0 fully saturated rings. The van der Waals surface area contributed by atoms with Crippen molar-refractivity contribution in [3.05, 3.63) is 30.1 Å². The number of aromatic carboxylic acids is 1. The fourth-order valence-electron chi connectivity index (χ4n) is 0.489. The Balaban J connectivity index is 0.000000310. The lowest BCUT2D eigenvalue weighted by Gasteiger charge is -1.87. The molecule has 1 aromatic rings. The highest BCUT2D eigenvalue weighted by atomic mass is 16.4. The molecule has 72 valence electrons. The van der Waals surface area contributed by atoms with E-state index in [1.807, 2.05) is 0 Å². The lowest BCUT2D eigenvalue weighted by Crippen LogP contribution is -1.94. The normalized spacial score (nSPS) is 8.92. The van der Waals surface area contributed by atoms with Crippen LogP contribution in [-0.2, 0) is 0 Å². The summed E-state index contributed by atoms with van der Waals surface area (Å²) < 4.78 is 0. The van der Waals surface area contributed by atoms with Crippen molar-refractivity contribution in [3.8, 4) is 0 Å². The Bertz CT molecular complexity index is 244. The average Bonchev–Trinajstić information content (AvgIpc) is 2.05. The third-order valence-corrected chi connectivity index (χ3v) is 0.908. The van der Waals surface area contributed by atoms with Gasteiger partial charge in [0.05, 0.1) is 5.56 Å². The number of aliphatic hydroxyl groups is 1. The summed E-state index contributed by atoms with van der Waals surface area (Å²) in [6.07, 6.45) is 2.68. The van der Waals surface area contributed by atoms with Gasteiger partial charge in [-0.2, -0.15) is 0 Å². The molecule has 1 rings (SSSR count). The van der Waals surface area contributed by atoms with Crippen LogP contribution in [-0.4, -0.2) is 27.3 Å². The third kappa shape index (κ3) is 6.96. The summed E-state index contributed by atoms with van der Waals surface area (Å²) in [6.45, 7) is 3.44. The lowest BCUT2D eigenvalue weighted by molar-refractivity contribution is 0.0696. The zero-order valence-corrected chi connectivity index (χ0v) is 7.64. The highest BCUT2D eigenvalue weighted by molar-refractivity contribution is 5.86. The molecule has 0 unspecified atom stereocenters. The Labute approximate surface area is 76.9 Å². The van der Waals surface area contributed by atoms with E-state index in [0.29, 0.717) is 0 Å². The van der Waals surface area contributed by atoms with Crippen molar-refractivity contribution < 1.29 is 15.0 Å². The number of rotatable bonds is 1. The van der Waals surface area contributed by atoms with Gasteiger partial charge >= 0.3 is 5.97 Å². The van der Waals surface area contributed by atoms with Gasteiger partial charge in [0.1, 0.15) is 0 Å². The monoisotopic (exact) mass is 183 g/mol. The predicted molar refractivity (Wildman–Crippen MR) is 48.6 cm³/mol. The Hall–Kier alpha value is -1.42. The Morgan fingerprint density at radius 3 is 2.31 bits per heavy atom. The summed E-state index contributed by atoms with van der Waals surface area (Å²) in [5, 5.41) is 16.4. The zero-order chi connectivity index (χ0) is 10.3. The van der Waals surface area contributed by atoms with Gasteiger partial charge in [0.15, 0.2) is 0 Å². The molecular weight excluding hydrogens is 170 g/mol. The minimum atomic E-state index is -0.942. The summed E-state index contributed by atoms with van der Waals surface area (Å²) in [5.41, 5.74) is 0.220. The van der Waals surface area contributed by atoms with Crippen LogP contribution >= 0.6 is 0 Å². The molecule has 13 heavy (non-hydrogen) atoms. The van der Waals surface area contributed by atoms with E-state index < -0.39 is 5.97 Å². The molecule has 0 aliphatic carbocycles. The predicted octanol–water partition coefficient (Wildman–Crippen LogP) is 1.17. The summed E-state index contributed by atoms with van der Waals surface area (Å²) >= 11 is 0. The number of hydrogen-bond acceptors (Lipinski definition) is 3. The highest BCUT2D eigenvalue weighted by Crippen LogP contribution is 1.92. The maximum atomic E-state index is 10.2. The van der Waals surface area contributed by atoms with Gasteiger partial charge in [0, 0.05) is 18.5 Å². The summed E-state index contributed by atoms with van der Waals surface area (Å²) in [4.78, 5) is 13.8. The van der Waals surface area contributed by atoms with Gasteiger partial charge in [-0.1, -0.05) is 0 Å². The average molecular weight is 183 g/mol. The summed E-state index contributed by atoms with van der Waals surface area (Å²) in [6, 6.07) is 3.08. The number of hydrogen-bond donors (Lipinski definition) is 2. The van der Waals surface area contributed by atoms with Gasteiger partial charge in [0.2, 0.25) is 0 Å². The van der Waals surface area contributed by atoms with Crippen molar-refractivity contribution in [2.45, 2.75) is 20.0 Å². The van der Waals surface area contributed by atoms with Crippen LogP contribution in [0.3, 0.4) is 0 Å². The molecule has 0 amide bonds.